The minimum Gasteiger partial charge on any atom is -0.497 e. The summed E-state index contributed by atoms with van der Waals surface area (Å²) in [6.07, 6.45) is 0.0357. The van der Waals surface area contributed by atoms with Crippen molar-refractivity contribution in [2.45, 2.75) is 13.3 Å². The third-order valence-electron chi connectivity index (χ3n) is 3.14. The highest BCUT2D eigenvalue weighted by atomic mass is 16.5. The normalized spacial score (nSPS) is 10.2. The van der Waals surface area contributed by atoms with Crippen molar-refractivity contribution in [3.63, 3.8) is 0 Å². The number of hydrogen-bond acceptors (Lipinski definition) is 2. The average Bonchev–Trinajstić information content (AvgIpc) is 2.41. The maximum Gasteiger partial charge on any atom is 0.307 e. The fraction of sp³-hybridized carbons (Fsp3) is 0.188. The highest BCUT2D eigenvalue weighted by Crippen LogP contribution is 2.28. The lowest BCUT2D eigenvalue weighted by atomic mass is 9.94. The molecule has 0 saturated heterocycles. The van der Waals surface area contributed by atoms with Crippen LogP contribution in [0.15, 0.2) is 42.5 Å². The van der Waals surface area contributed by atoms with Crippen molar-refractivity contribution in [2.75, 3.05) is 7.11 Å². The number of carbonyl (C=O) groups is 1. The van der Waals surface area contributed by atoms with Crippen LogP contribution in [0.4, 0.5) is 0 Å². The molecule has 0 aliphatic heterocycles. The topological polar surface area (TPSA) is 46.5 Å². The summed E-state index contributed by atoms with van der Waals surface area (Å²) in [7, 11) is 1.62. The quantitative estimate of drug-likeness (QED) is 0.913. The van der Waals surface area contributed by atoms with Crippen molar-refractivity contribution in [1.29, 1.82) is 0 Å². The number of hydrogen-bond donors (Lipinski definition) is 1. The highest BCUT2D eigenvalue weighted by Gasteiger charge is 2.11. The Morgan fingerprint density at radius 2 is 1.84 bits per heavy atom. The first-order valence-corrected chi connectivity index (χ1v) is 6.06. The molecule has 3 nitrogen and oxygen atoms in total. The number of ether oxygens (including phenoxy) is 1. The first-order valence-electron chi connectivity index (χ1n) is 6.06. The van der Waals surface area contributed by atoms with Crippen LogP contribution < -0.4 is 4.74 Å². The third kappa shape index (κ3) is 2.94. The van der Waals surface area contributed by atoms with Gasteiger partial charge in [0.15, 0.2) is 0 Å². The van der Waals surface area contributed by atoms with Crippen LogP contribution >= 0.6 is 0 Å². The Morgan fingerprint density at radius 3 is 2.42 bits per heavy atom. The molecule has 0 aliphatic carbocycles. The zero-order chi connectivity index (χ0) is 13.8. The van der Waals surface area contributed by atoms with E-state index < -0.39 is 5.97 Å². The molecule has 0 saturated carbocycles. The predicted octanol–water partition coefficient (Wildman–Crippen LogP) is 3.30. The van der Waals surface area contributed by atoms with E-state index in [0.717, 1.165) is 28.0 Å². The average molecular weight is 256 g/mol. The molecule has 0 bridgehead atoms. The molecule has 0 unspecified atom stereocenters. The van der Waals surface area contributed by atoms with Crippen LogP contribution in [0.25, 0.3) is 11.1 Å². The Hall–Kier alpha value is -2.29. The number of carboxylic acid groups (broad SMARTS) is 1. The van der Waals surface area contributed by atoms with Gasteiger partial charge < -0.3 is 9.84 Å². The van der Waals surface area contributed by atoms with Crippen molar-refractivity contribution in [1.82, 2.24) is 0 Å². The molecule has 0 spiro atoms. The zero-order valence-corrected chi connectivity index (χ0v) is 11.0. The maximum absolute atomic E-state index is 11.0. The lowest BCUT2D eigenvalue weighted by Crippen LogP contribution is -2.04. The standard InChI is InChI=1S/C16H16O3/c1-11-4-3-5-14(15(11)10-16(17)18)12-6-8-13(19-2)9-7-12/h3-9H,10H2,1-2H3,(H,17,18). The summed E-state index contributed by atoms with van der Waals surface area (Å²) in [6.45, 7) is 1.94. The van der Waals surface area contributed by atoms with E-state index in [2.05, 4.69) is 0 Å². The smallest absolute Gasteiger partial charge is 0.307 e. The Morgan fingerprint density at radius 1 is 1.16 bits per heavy atom. The molecule has 0 amide bonds. The maximum atomic E-state index is 11.0. The van der Waals surface area contributed by atoms with Crippen LogP contribution in [0.1, 0.15) is 11.1 Å². The Balaban J connectivity index is 2.48. The van der Waals surface area contributed by atoms with Gasteiger partial charge in [0.25, 0.3) is 0 Å². The van der Waals surface area contributed by atoms with Gasteiger partial charge in [0, 0.05) is 0 Å². The molecule has 2 aromatic carbocycles. The SMILES string of the molecule is COc1ccc(-c2cccc(C)c2CC(=O)O)cc1. The molecule has 2 aromatic rings. The van der Waals surface area contributed by atoms with Crippen LogP contribution in [0.2, 0.25) is 0 Å². The van der Waals surface area contributed by atoms with Crippen LogP contribution in [-0.4, -0.2) is 18.2 Å². The summed E-state index contributed by atoms with van der Waals surface area (Å²) in [5.41, 5.74) is 3.82. The molecule has 1 N–H and O–H groups in total. The van der Waals surface area contributed by atoms with E-state index in [1.807, 2.05) is 49.4 Å². The molecule has 3 heteroatoms. The van der Waals surface area contributed by atoms with E-state index in [4.69, 9.17) is 9.84 Å². The summed E-state index contributed by atoms with van der Waals surface area (Å²) >= 11 is 0. The van der Waals surface area contributed by atoms with Gasteiger partial charge in [-0.3, -0.25) is 4.79 Å². The van der Waals surface area contributed by atoms with Gasteiger partial charge in [-0.2, -0.15) is 0 Å². The molecule has 0 heterocycles. The van der Waals surface area contributed by atoms with Gasteiger partial charge in [0.1, 0.15) is 5.75 Å². The van der Waals surface area contributed by atoms with E-state index in [9.17, 15) is 4.79 Å². The summed E-state index contributed by atoms with van der Waals surface area (Å²) in [5, 5.41) is 9.02. The number of benzene rings is 2. The van der Waals surface area contributed by atoms with E-state index in [1.165, 1.54) is 0 Å². The molecule has 0 atom stereocenters. The number of aliphatic carboxylic acids is 1. The van der Waals surface area contributed by atoms with E-state index in [1.54, 1.807) is 7.11 Å². The van der Waals surface area contributed by atoms with E-state index >= 15 is 0 Å². The second-order valence-electron chi connectivity index (χ2n) is 4.40. The van der Waals surface area contributed by atoms with E-state index in [0.29, 0.717) is 0 Å². The molecule has 98 valence electrons. The minimum absolute atomic E-state index is 0.0357. The molecule has 0 aromatic heterocycles. The Kier molecular flexibility index (Phi) is 3.85. The van der Waals surface area contributed by atoms with Crippen LogP contribution in [0.5, 0.6) is 5.75 Å². The lowest BCUT2D eigenvalue weighted by Gasteiger charge is -2.11. The summed E-state index contributed by atoms with van der Waals surface area (Å²) in [4.78, 5) is 11.0. The molecule has 19 heavy (non-hydrogen) atoms. The molecule has 0 fully saturated rings. The van der Waals surface area contributed by atoms with Crippen molar-refractivity contribution in [3.05, 3.63) is 53.6 Å². The van der Waals surface area contributed by atoms with Crippen molar-refractivity contribution < 1.29 is 14.6 Å². The van der Waals surface area contributed by atoms with E-state index in [-0.39, 0.29) is 6.42 Å². The molecular formula is C16H16O3. The van der Waals surface area contributed by atoms with Gasteiger partial charge in [-0.05, 0) is 41.3 Å². The second-order valence-corrected chi connectivity index (χ2v) is 4.40. The van der Waals surface area contributed by atoms with Gasteiger partial charge >= 0.3 is 5.97 Å². The Bertz CT molecular complexity index is 585. The van der Waals surface area contributed by atoms with Gasteiger partial charge in [-0.1, -0.05) is 30.3 Å². The second kappa shape index (κ2) is 5.57. The fourth-order valence-corrected chi connectivity index (χ4v) is 2.13. The highest BCUT2D eigenvalue weighted by molar-refractivity contribution is 5.77. The summed E-state index contributed by atoms with van der Waals surface area (Å²) < 4.78 is 5.13. The van der Waals surface area contributed by atoms with Crippen molar-refractivity contribution >= 4 is 5.97 Å². The first kappa shape index (κ1) is 13.1. The van der Waals surface area contributed by atoms with Crippen LogP contribution in [0, 0.1) is 6.92 Å². The largest absolute Gasteiger partial charge is 0.497 e. The Labute approximate surface area is 112 Å². The van der Waals surface area contributed by atoms with Crippen molar-refractivity contribution in [3.8, 4) is 16.9 Å². The fourth-order valence-electron chi connectivity index (χ4n) is 2.13. The number of aryl methyl sites for hydroxylation is 1. The van der Waals surface area contributed by atoms with Gasteiger partial charge in [0.05, 0.1) is 13.5 Å². The van der Waals surface area contributed by atoms with Crippen LogP contribution in [-0.2, 0) is 11.2 Å². The number of carboxylic acids is 1. The van der Waals surface area contributed by atoms with Crippen LogP contribution in [0.3, 0.4) is 0 Å². The predicted molar refractivity (Wildman–Crippen MR) is 74.5 cm³/mol. The molecule has 2 rings (SSSR count). The van der Waals surface area contributed by atoms with Gasteiger partial charge in [-0.25, -0.2) is 0 Å². The van der Waals surface area contributed by atoms with Gasteiger partial charge in [-0.15, -0.1) is 0 Å². The third-order valence-corrected chi connectivity index (χ3v) is 3.14. The molecule has 0 aliphatic rings. The lowest BCUT2D eigenvalue weighted by molar-refractivity contribution is -0.136. The molecule has 0 radical (unpaired) electrons. The summed E-state index contributed by atoms with van der Waals surface area (Å²) in [5.74, 6) is -0.0275. The number of methoxy groups -OCH3 is 1. The van der Waals surface area contributed by atoms with Crippen molar-refractivity contribution in [2.24, 2.45) is 0 Å². The minimum atomic E-state index is -0.816. The summed E-state index contributed by atoms with van der Waals surface area (Å²) in [6, 6.07) is 13.5. The zero-order valence-electron chi connectivity index (χ0n) is 11.0. The number of rotatable bonds is 4. The monoisotopic (exact) mass is 256 g/mol. The first-order chi connectivity index (χ1) is 9.11. The molecular weight excluding hydrogens is 240 g/mol. The van der Waals surface area contributed by atoms with Gasteiger partial charge in [0.2, 0.25) is 0 Å².